The van der Waals surface area contributed by atoms with Crippen molar-refractivity contribution in [1.82, 2.24) is 15.6 Å². The van der Waals surface area contributed by atoms with Crippen LogP contribution in [0.1, 0.15) is 22.4 Å². The summed E-state index contributed by atoms with van der Waals surface area (Å²) in [5.74, 6) is 0.573. The third-order valence-corrected chi connectivity index (χ3v) is 6.90. The fraction of sp³-hybridized carbons (Fsp3) is 0.217. The number of aromatic nitrogens is 1. The first-order valence-corrected chi connectivity index (χ1v) is 11.8. The molecule has 0 atom stereocenters. The van der Waals surface area contributed by atoms with Crippen LogP contribution in [0.2, 0.25) is 0 Å². The molecule has 0 fully saturated rings. The van der Waals surface area contributed by atoms with Crippen molar-refractivity contribution in [2.24, 2.45) is 0 Å². The van der Waals surface area contributed by atoms with Crippen molar-refractivity contribution < 1.29 is 17.9 Å². The first-order chi connectivity index (χ1) is 15.4. The molecular formula is C23H24N4O4S. The minimum absolute atomic E-state index is 0.0671. The molecule has 1 aliphatic rings. The van der Waals surface area contributed by atoms with Crippen LogP contribution in [0.5, 0.6) is 5.75 Å². The van der Waals surface area contributed by atoms with Gasteiger partial charge in [-0.1, -0.05) is 18.2 Å². The molecular weight excluding hydrogens is 428 g/mol. The van der Waals surface area contributed by atoms with Crippen LogP contribution in [-0.4, -0.2) is 26.5 Å². The standard InChI is InChI=1S/C23H24N4O4S/c1-31-21-7-4-20(25-14-21)13-26-23(28)27-19-5-8-22(9-6-19)32(29,30)15-16-2-3-17-11-24-12-18(17)10-16/h2-10,14,24H,11-13,15H2,1H3,(H2,26,27,28). The van der Waals surface area contributed by atoms with Crippen LogP contribution in [-0.2, 0) is 35.2 Å². The summed E-state index contributed by atoms with van der Waals surface area (Å²) in [6.45, 7) is 1.83. The third kappa shape index (κ3) is 5.24. The Balaban J connectivity index is 1.33. The summed E-state index contributed by atoms with van der Waals surface area (Å²) in [7, 11) is -1.94. The van der Waals surface area contributed by atoms with E-state index in [-0.39, 0.29) is 17.2 Å². The van der Waals surface area contributed by atoms with Gasteiger partial charge >= 0.3 is 6.03 Å². The van der Waals surface area contributed by atoms with Crippen LogP contribution in [0, 0.1) is 0 Å². The number of hydrogen-bond donors (Lipinski definition) is 3. The summed E-state index contributed by atoms with van der Waals surface area (Å²) in [6.07, 6.45) is 1.58. The van der Waals surface area contributed by atoms with E-state index in [1.54, 1.807) is 37.6 Å². The lowest BCUT2D eigenvalue weighted by Crippen LogP contribution is -2.28. The van der Waals surface area contributed by atoms with Crippen molar-refractivity contribution in [3.8, 4) is 5.75 Å². The number of amides is 2. The Morgan fingerprint density at radius 2 is 1.84 bits per heavy atom. The van der Waals surface area contributed by atoms with Crippen molar-refractivity contribution in [2.45, 2.75) is 30.3 Å². The Kier molecular flexibility index (Phi) is 6.38. The second-order valence-electron chi connectivity index (χ2n) is 7.49. The lowest BCUT2D eigenvalue weighted by Gasteiger charge is -2.10. The summed E-state index contributed by atoms with van der Waals surface area (Å²) >= 11 is 0. The molecule has 0 radical (unpaired) electrons. The van der Waals surface area contributed by atoms with Crippen LogP contribution in [0.15, 0.2) is 65.7 Å². The average Bonchev–Trinajstić information content (AvgIpc) is 3.26. The molecule has 2 amide bonds. The SMILES string of the molecule is COc1ccc(CNC(=O)Nc2ccc(S(=O)(=O)Cc3ccc4c(c3)CNC4)cc2)nc1. The van der Waals surface area contributed by atoms with Crippen molar-refractivity contribution in [3.63, 3.8) is 0 Å². The normalized spacial score (nSPS) is 12.8. The highest BCUT2D eigenvalue weighted by molar-refractivity contribution is 7.90. The van der Waals surface area contributed by atoms with Gasteiger partial charge in [-0.15, -0.1) is 0 Å². The number of nitrogens with zero attached hydrogens (tertiary/aromatic N) is 1. The van der Waals surface area contributed by atoms with Crippen LogP contribution in [0.4, 0.5) is 10.5 Å². The number of hydrogen-bond acceptors (Lipinski definition) is 6. The molecule has 3 N–H and O–H groups in total. The number of fused-ring (bicyclic) bond motifs is 1. The average molecular weight is 453 g/mol. The lowest BCUT2D eigenvalue weighted by molar-refractivity contribution is 0.251. The van der Waals surface area contributed by atoms with Gasteiger partial charge in [0, 0.05) is 18.8 Å². The molecule has 1 aliphatic heterocycles. The van der Waals surface area contributed by atoms with E-state index in [4.69, 9.17) is 4.74 Å². The maximum absolute atomic E-state index is 12.8. The number of benzene rings is 2. The molecule has 8 nitrogen and oxygen atoms in total. The number of sulfone groups is 1. The molecule has 166 valence electrons. The number of urea groups is 1. The maximum atomic E-state index is 12.8. The summed E-state index contributed by atoms with van der Waals surface area (Å²) < 4.78 is 30.7. The number of nitrogens with one attached hydrogen (secondary N) is 3. The fourth-order valence-corrected chi connectivity index (χ4v) is 4.80. The quantitative estimate of drug-likeness (QED) is 0.509. The summed E-state index contributed by atoms with van der Waals surface area (Å²) in [5.41, 5.74) is 4.30. The van der Waals surface area contributed by atoms with Gasteiger partial charge in [0.15, 0.2) is 9.84 Å². The fourth-order valence-electron chi connectivity index (χ4n) is 3.47. The van der Waals surface area contributed by atoms with Crippen LogP contribution >= 0.6 is 0 Å². The predicted octanol–water partition coefficient (Wildman–Crippen LogP) is 2.99. The topological polar surface area (TPSA) is 109 Å². The number of pyridine rings is 1. The second kappa shape index (κ2) is 9.37. The number of carbonyl (C=O) groups is 1. The van der Waals surface area contributed by atoms with E-state index in [1.807, 2.05) is 18.2 Å². The zero-order valence-electron chi connectivity index (χ0n) is 17.6. The van der Waals surface area contributed by atoms with Gasteiger partial charge in [-0.25, -0.2) is 13.2 Å². The monoisotopic (exact) mass is 452 g/mol. The molecule has 0 saturated heterocycles. The molecule has 0 unspecified atom stereocenters. The molecule has 3 aromatic rings. The molecule has 1 aromatic heterocycles. The molecule has 4 rings (SSSR count). The Hall–Kier alpha value is -3.43. The van der Waals surface area contributed by atoms with E-state index in [0.717, 1.165) is 24.2 Å². The summed E-state index contributed by atoms with van der Waals surface area (Å²) in [4.78, 5) is 16.5. The van der Waals surface area contributed by atoms with Crippen molar-refractivity contribution in [1.29, 1.82) is 0 Å². The predicted molar refractivity (Wildman–Crippen MR) is 121 cm³/mol. The van der Waals surface area contributed by atoms with Gasteiger partial charge in [0.25, 0.3) is 0 Å². The van der Waals surface area contributed by atoms with Gasteiger partial charge in [-0.2, -0.15) is 0 Å². The molecule has 2 aromatic carbocycles. The molecule has 32 heavy (non-hydrogen) atoms. The first kappa shape index (κ1) is 21.8. The van der Waals surface area contributed by atoms with Gasteiger partial charge in [-0.3, -0.25) is 4.98 Å². The second-order valence-corrected chi connectivity index (χ2v) is 9.48. The highest BCUT2D eigenvalue weighted by Crippen LogP contribution is 2.22. The van der Waals surface area contributed by atoms with Gasteiger partial charge < -0.3 is 20.7 Å². The lowest BCUT2D eigenvalue weighted by atomic mass is 10.1. The Morgan fingerprint density at radius 3 is 2.56 bits per heavy atom. The highest BCUT2D eigenvalue weighted by atomic mass is 32.2. The maximum Gasteiger partial charge on any atom is 0.319 e. The minimum Gasteiger partial charge on any atom is -0.495 e. The van der Waals surface area contributed by atoms with Crippen molar-refractivity contribution in [3.05, 3.63) is 83.2 Å². The molecule has 0 spiro atoms. The number of methoxy groups -OCH3 is 1. The minimum atomic E-state index is -3.50. The van der Waals surface area contributed by atoms with Gasteiger partial charge in [0.2, 0.25) is 0 Å². The third-order valence-electron chi connectivity index (χ3n) is 5.19. The van der Waals surface area contributed by atoms with E-state index >= 15 is 0 Å². The summed E-state index contributed by atoms with van der Waals surface area (Å²) in [6, 6.07) is 15.1. The van der Waals surface area contributed by atoms with E-state index in [0.29, 0.717) is 17.1 Å². The number of rotatable bonds is 7. The molecule has 0 saturated carbocycles. The molecule has 2 heterocycles. The van der Waals surface area contributed by atoms with E-state index in [9.17, 15) is 13.2 Å². The number of carbonyl (C=O) groups excluding carboxylic acids is 1. The van der Waals surface area contributed by atoms with Gasteiger partial charge in [-0.05, 0) is 53.1 Å². The van der Waals surface area contributed by atoms with E-state index < -0.39 is 15.9 Å². The Morgan fingerprint density at radius 1 is 1.06 bits per heavy atom. The largest absolute Gasteiger partial charge is 0.495 e. The van der Waals surface area contributed by atoms with Crippen LogP contribution in [0.3, 0.4) is 0 Å². The Labute approximate surface area is 186 Å². The first-order valence-electron chi connectivity index (χ1n) is 10.1. The van der Waals surface area contributed by atoms with Crippen LogP contribution < -0.4 is 20.7 Å². The smallest absolute Gasteiger partial charge is 0.319 e. The van der Waals surface area contributed by atoms with Gasteiger partial charge in [0.1, 0.15) is 5.75 Å². The van der Waals surface area contributed by atoms with Crippen molar-refractivity contribution in [2.75, 3.05) is 12.4 Å². The van der Waals surface area contributed by atoms with Crippen molar-refractivity contribution >= 4 is 21.6 Å². The summed E-state index contributed by atoms with van der Waals surface area (Å²) in [5, 5.41) is 8.65. The van der Waals surface area contributed by atoms with Crippen LogP contribution in [0.25, 0.3) is 0 Å². The highest BCUT2D eigenvalue weighted by Gasteiger charge is 2.18. The Bertz CT molecular complexity index is 1210. The number of anilines is 1. The zero-order valence-corrected chi connectivity index (χ0v) is 18.4. The molecule has 0 aliphatic carbocycles. The van der Waals surface area contributed by atoms with E-state index in [1.165, 1.54) is 17.7 Å². The molecule has 0 bridgehead atoms. The number of ether oxygens (including phenoxy) is 1. The van der Waals surface area contributed by atoms with Gasteiger partial charge in [0.05, 0.1) is 36.2 Å². The van der Waals surface area contributed by atoms with E-state index in [2.05, 4.69) is 20.9 Å². The molecule has 9 heteroatoms. The zero-order chi connectivity index (χ0) is 22.6.